The molecule has 0 atom stereocenters. The van der Waals surface area contributed by atoms with E-state index in [2.05, 4.69) is 65.9 Å². The average molecular weight is 572 g/mol. The fourth-order valence-corrected chi connectivity index (χ4v) is 5.70. The lowest BCUT2D eigenvalue weighted by atomic mass is 9.99. The zero-order valence-corrected chi connectivity index (χ0v) is 26.3. The largest absolute Gasteiger partial charge is 0.493 e. The second kappa shape index (κ2) is 15.7. The van der Waals surface area contributed by atoms with Crippen LogP contribution in [0.4, 0.5) is 0 Å². The lowest BCUT2D eigenvalue weighted by molar-refractivity contribution is 0.0540. The van der Waals surface area contributed by atoms with E-state index < -0.39 is 0 Å². The number of nitrogens with zero attached hydrogens (tertiary/aromatic N) is 3. The maximum Gasteiger partial charge on any atom is 0.272 e. The monoisotopic (exact) mass is 571 g/mol. The van der Waals surface area contributed by atoms with Crippen LogP contribution in [0.2, 0.25) is 0 Å². The number of amides is 1. The number of hydrogen-bond donors (Lipinski definition) is 0. The Labute approximate surface area is 253 Å². The van der Waals surface area contributed by atoms with Crippen molar-refractivity contribution >= 4 is 5.91 Å². The van der Waals surface area contributed by atoms with Crippen molar-refractivity contribution in [2.75, 3.05) is 33.9 Å². The summed E-state index contributed by atoms with van der Waals surface area (Å²) in [5.41, 5.74) is 5.01. The van der Waals surface area contributed by atoms with Crippen LogP contribution in [-0.2, 0) is 13.0 Å². The van der Waals surface area contributed by atoms with Gasteiger partial charge in [0.1, 0.15) is 5.69 Å². The molecule has 0 radical (unpaired) electrons. The smallest absolute Gasteiger partial charge is 0.272 e. The van der Waals surface area contributed by atoms with Gasteiger partial charge in [-0.1, -0.05) is 70.0 Å². The molecule has 1 saturated heterocycles. The van der Waals surface area contributed by atoms with Gasteiger partial charge in [-0.2, -0.15) is 0 Å². The molecular formula is C36H49N3O3. The van der Waals surface area contributed by atoms with E-state index >= 15 is 0 Å². The van der Waals surface area contributed by atoms with Crippen LogP contribution in [0.15, 0.2) is 60.8 Å². The lowest BCUT2D eigenvalue weighted by Crippen LogP contribution is -2.47. The summed E-state index contributed by atoms with van der Waals surface area (Å²) in [6.45, 7) is 10.6. The first-order chi connectivity index (χ1) is 20.4. The highest BCUT2D eigenvalue weighted by molar-refractivity contribution is 5.92. The molecule has 4 rings (SSSR count). The number of pyridine rings is 1. The van der Waals surface area contributed by atoms with Gasteiger partial charge in [0.15, 0.2) is 11.5 Å². The van der Waals surface area contributed by atoms with Crippen molar-refractivity contribution in [3.63, 3.8) is 0 Å². The Kier molecular flexibility index (Phi) is 11.8. The van der Waals surface area contributed by atoms with Crippen LogP contribution in [0.1, 0.15) is 80.9 Å². The van der Waals surface area contributed by atoms with E-state index in [4.69, 9.17) is 9.47 Å². The second-order valence-corrected chi connectivity index (χ2v) is 12.0. The molecular weight excluding hydrogens is 522 g/mol. The molecule has 1 aliphatic heterocycles. The van der Waals surface area contributed by atoms with Gasteiger partial charge in [-0.15, -0.1) is 0 Å². The minimum atomic E-state index is 0.0275. The van der Waals surface area contributed by atoms with Crippen LogP contribution in [0.3, 0.4) is 0 Å². The maximum absolute atomic E-state index is 14.0. The van der Waals surface area contributed by atoms with E-state index in [9.17, 15) is 4.79 Å². The number of piperidine rings is 1. The first-order valence-electron chi connectivity index (χ1n) is 15.7. The molecule has 6 nitrogen and oxygen atoms in total. The molecule has 1 amide bonds. The predicted molar refractivity (Wildman–Crippen MR) is 171 cm³/mol. The van der Waals surface area contributed by atoms with E-state index in [1.165, 1.54) is 24.8 Å². The van der Waals surface area contributed by atoms with Gasteiger partial charge in [-0.05, 0) is 85.0 Å². The predicted octanol–water partition coefficient (Wildman–Crippen LogP) is 7.65. The zero-order chi connectivity index (χ0) is 29.9. The standard InChI is InChI=1S/C36H49N3O3/c1-6-7-8-9-28-12-16-33(37-25-28)36(40)39(32-19-22-38(23-20-32)21-18-27(2)3)26-29-10-13-30(14-11-29)31-15-17-34(41-4)35(24-31)42-5/h10-17,24-25,27,32H,6-9,18-23,26H2,1-5H3. The van der Waals surface area contributed by atoms with Crippen molar-refractivity contribution in [3.05, 3.63) is 77.6 Å². The third-order valence-electron chi connectivity index (χ3n) is 8.42. The van der Waals surface area contributed by atoms with Crippen molar-refractivity contribution < 1.29 is 14.3 Å². The van der Waals surface area contributed by atoms with Crippen molar-refractivity contribution in [3.8, 4) is 22.6 Å². The fraction of sp³-hybridized carbons (Fsp3) is 0.500. The highest BCUT2D eigenvalue weighted by Crippen LogP contribution is 2.32. The molecule has 0 unspecified atom stereocenters. The summed E-state index contributed by atoms with van der Waals surface area (Å²) in [4.78, 5) is 23.2. The molecule has 1 aromatic heterocycles. The molecule has 226 valence electrons. The number of likely N-dealkylation sites (tertiary alicyclic amines) is 1. The molecule has 0 N–H and O–H groups in total. The van der Waals surface area contributed by atoms with E-state index in [0.29, 0.717) is 29.7 Å². The molecule has 2 heterocycles. The summed E-state index contributed by atoms with van der Waals surface area (Å²) in [7, 11) is 3.30. The molecule has 0 aliphatic carbocycles. The third kappa shape index (κ3) is 8.57. The van der Waals surface area contributed by atoms with Crippen LogP contribution in [0, 0.1) is 5.92 Å². The normalized spacial score (nSPS) is 14.2. The Morgan fingerprint density at radius 1 is 0.929 bits per heavy atom. The summed E-state index contributed by atoms with van der Waals surface area (Å²) in [6.07, 6.45) is 9.68. The Bertz CT molecular complexity index is 1250. The average Bonchev–Trinajstić information content (AvgIpc) is 3.03. The summed E-state index contributed by atoms with van der Waals surface area (Å²) in [5.74, 6) is 2.16. The lowest BCUT2D eigenvalue weighted by Gasteiger charge is -2.38. The zero-order valence-electron chi connectivity index (χ0n) is 26.3. The number of ether oxygens (including phenoxy) is 2. The molecule has 1 aliphatic rings. The topological polar surface area (TPSA) is 54.9 Å². The summed E-state index contributed by atoms with van der Waals surface area (Å²) in [5, 5.41) is 0. The van der Waals surface area contributed by atoms with Gasteiger partial charge in [0.05, 0.1) is 14.2 Å². The SMILES string of the molecule is CCCCCc1ccc(C(=O)N(Cc2ccc(-c3ccc(OC)c(OC)c3)cc2)C2CCN(CCC(C)C)CC2)nc1. The van der Waals surface area contributed by atoms with E-state index in [1.807, 2.05) is 30.5 Å². The third-order valence-corrected chi connectivity index (χ3v) is 8.42. The molecule has 3 aromatic rings. The van der Waals surface area contributed by atoms with Crippen molar-refractivity contribution in [1.29, 1.82) is 0 Å². The van der Waals surface area contributed by atoms with Crippen LogP contribution >= 0.6 is 0 Å². The Morgan fingerprint density at radius 3 is 2.24 bits per heavy atom. The number of benzene rings is 2. The Hall–Kier alpha value is -3.38. The highest BCUT2D eigenvalue weighted by atomic mass is 16.5. The van der Waals surface area contributed by atoms with Gasteiger partial charge >= 0.3 is 0 Å². The fourth-order valence-electron chi connectivity index (χ4n) is 5.70. The number of carbonyl (C=O) groups excluding carboxylic acids is 1. The number of unbranched alkanes of at least 4 members (excludes halogenated alkanes) is 2. The van der Waals surface area contributed by atoms with Gasteiger partial charge in [-0.25, -0.2) is 0 Å². The van der Waals surface area contributed by atoms with Crippen LogP contribution in [0.5, 0.6) is 11.5 Å². The molecule has 0 bridgehead atoms. The number of aromatic nitrogens is 1. The van der Waals surface area contributed by atoms with Gasteiger partial charge in [-0.3, -0.25) is 9.78 Å². The van der Waals surface area contributed by atoms with Crippen LogP contribution in [-0.4, -0.2) is 60.6 Å². The summed E-state index contributed by atoms with van der Waals surface area (Å²) in [6, 6.07) is 18.7. The maximum atomic E-state index is 14.0. The van der Waals surface area contributed by atoms with Crippen molar-refractivity contribution in [2.45, 2.75) is 78.3 Å². The second-order valence-electron chi connectivity index (χ2n) is 12.0. The van der Waals surface area contributed by atoms with E-state index in [1.54, 1.807) is 14.2 Å². The molecule has 0 saturated carbocycles. The van der Waals surface area contributed by atoms with Crippen molar-refractivity contribution in [2.24, 2.45) is 5.92 Å². The van der Waals surface area contributed by atoms with Gasteiger partial charge in [0, 0.05) is 31.9 Å². The number of methoxy groups -OCH3 is 2. The Balaban J connectivity index is 1.50. The summed E-state index contributed by atoms with van der Waals surface area (Å²) < 4.78 is 10.9. The van der Waals surface area contributed by atoms with Crippen LogP contribution in [0.25, 0.3) is 11.1 Å². The van der Waals surface area contributed by atoms with Crippen molar-refractivity contribution in [1.82, 2.24) is 14.8 Å². The van der Waals surface area contributed by atoms with E-state index in [-0.39, 0.29) is 11.9 Å². The first kappa shape index (κ1) is 31.6. The number of rotatable bonds is 14. The molecule has 1 fully saturated rings. The number of carbonyl (C=O) groups is 1. The number of aryl methyl sites for hydroxylation is 1. The van der Waals surface area contributed by atoms with Gasteiger partial charge in [0.25, 0.3) is 5.91 Å². The van der Waals surface area contributed by atoms with Crippen LogP contribution < -0.4 is 9.47 Å². The quantitative estimate of drug-likeness (QED) is 0.186. The minimum Gasteiger partial charge on any atom is -0.493 e. The Morgan fingerprint density at radius 2 is 1.62 bits per heavy atom. The van der Waals surface area contributed by atoms with Gasteiger partial charge in [0.2, 0.25) is 0 Å². The van der Waals surface area contributed by atoms with Gasteiger partial charge < -0.3 is 19.3 Å². The van der Waals surface area contributed by atoms with E-state index in [0.717, 1.165) is 62.0 Å². The summed E-state index contributed by atoms with van der Waals surface area (Å²) >= 11 is 0. The minimum absolute atomic E-state index is 0.0275. The first-order valence-corrected chi connectivity index (χ1v) is 15.7. The molecule has 0 spiro atoms. The highest BCUT2D eigenvalue weighted by Gasteiger charge is 2.29. The molecule has 42 heavy (non-hydrogen) atoms. The molecule has 2 aromatic carbocycles. The number of hydrogen-bond acceptors (Lipinski definition) is 5. The molecule has 6 heteroatoms.